The summed E-state index contributed by atoms with van der Waals surface area (Å²) >= 11 is 0. The summed E-state index contributed by atoms with van der Waals surface area (Å²) in [5.41, 5.74) is 2.30. The first kappa shape index (κ1) is 34.7. The Balaban J connectivity index is 1.58. The SMILES string of the molecule is CCCCC(CC)COc1cc(-c2nnc(-c3ccc(F)cc3)o2)c(OCC(CC)CCCC)cc1-c1nnc(-c2ccc(F)cc2)o1. The zero-order valence-corrected chi connectivity index (χ0v) is 28.2. The van der Waals surface area contributed by atoms with Crippen LogP contribution in [0, 0.1) is 23.5 Å². The average Bonchev–Trinajstić information content (AvgIpc) is 3.80. The highest BCUT2D eigenvalue weighted by Crippen LogP contribution is 2.42. The van der Waals surface area contributed by atoms with E-state index in [-0.39, 0.29) is 35.2 Å². The fourth-order valence-electron chi connectivity index (χ4n) is 5.43. The lowest BCUT2D eigenvalue weighted by molar-refractivity contribution is 0.228. The number of ether oxygens (including phenoxy) is 2. The smallest absolute Gasteiger partial charge is 0.252 e. The maximum absolute atomic E-state index is 13.6. The molecule has 5 rings (SSSR count). The average molecular weight is 659 g/mol. The number of unbranched alkanes of at least 4 members (excludes halogenated alkanes) is 2. The van der Waals surface area contributed by atoms with Gasteiger partial charge in [0.1, 0.15) is 23.1 Å². The van der Waals surface area contributed by atoms with Gasteiger partial charge >= 0.3 is 0 Å². The van der Waals surface area contributed by atoms with Crippen molar-refractivity contribution in [1.82, 2.24) is 20.4 Å². The van der Waals surface area contributed by atoms with Crippen molar-refractivity contribution in [3.63, 3.8) is 0 Å². The molecule has 0 N–H and O–H groups in total. The van der Waals surface area contributed by atoms with Crippen molar-refractivity contribution in [1.29, 1.82) is 0 Å². The van der Waals surface area contributed by atoms with Gasteiger partial charge in [0.15, 0.2) is 0 Å². The van der Waals surface area contributed by atoms with Crippen LogP contribution in [0.2, 0.25) is 0 Å². The van der Waals surface area contributed by atoms with E-state index in [1.807, 2.05) is 12.1 Å². The van der Waals surface area contributed by atoms with Crippen LogP contribution in [0.1, 0.15) is 79.1 Å². The van der Waals surface area contributed by atoms with Gasteiger partial charge in [-0.05, 0) is 85.3 Å². The van der Waals surface area contributed by atoms with Gasteiger partial charge in [0.05, 0.1) is 24.3 Å². The molecule has 0 radical (unpaired) electrons. The quantitative estimate of drug-likeness (QED) is 0.0917. The zero-order valence-electron chi connectivity index (χ0n) is 28.2. The molecule has 0 aliphatic rings. The number of rotatable bonds is 18. The molecule has 0 saturated heterocycles. The minimum atomic E-state index is -0.354. The van der Waals surface area contributed by atoms with Crippen molar-refractivity contribution in [2.45, 2.75) is 79.1 Å². The van der Waals surface area contributed by atoms with Crippen LogP contribution in [-0.4, -0.2) is 33.6 Å². The Morgan fingerprint density at radius 3 is 1.29 bits per heavy atom. The molecule has 3 aromatic carbocycles. The van der Waals surface area contributed by atoms with Gasteiger partial charge in [0.2, 0.25) is 11.8 Å². The van der Waals surface area contributed by atoms with Crippen molar-refractivity contribution in [3.8, 4) is 57.3 Å². The number of aromatic nitrogens is 4. The minimum Gasteiger partial charge on any atom is -0.492 e. The highest BCUT2D eigenvalue weighted by atomic mass is 19.1. The molecule has 254 valence electrons. The van der Waals surface area contributed by atoms with Gasteiger partial charge in [-0.25, -0.2) is 8.78 Å². The van der Waals surface area contributed by atoms with E-state index in [0.717, 1.165) is 51.4 Å². The van der Waals surface area contributed by atoms with Gasteiger partial charge < -0.3 is 18.3 Å². The standard InChI is InChI=1S/C38H44F2N4O4/c1-5-9-11-25(7-3)23-45-33-21-32(38-44-42-36(48-38)28-15-19-30(40)20-16-28)34(46-24-26(8-4)12-10-6-2)22-31(33)37-43-41-35(47-37)27-13-17-29(39)18-14-27/h13-22,25-26H,5-12,23-24H2,1-4H3. The van der Waals surface area contributed by atoms with E-state index < -0.39 is 0 Å². The fourth-order valence-corrected chi connectivity index (χ4v) is 5.43. The van der Waals surface area contributed by atoms with Gasteiger partial charge in [0, 0.05) is 11.1 Å². The lowest BCUT2D eigenvalue weighted by Gasteiger charge is -2.20. The first-order chi connectivity index (χ1) is 23.4. The summed E-state index contributed by atoms with van der Waals surface area (Å²) in [7, 11) is 0. The largest absolute Gasteiger partial charge is 0.492 e. The van der Waals surface area contributed by atoms with Gasteiger partial charge in [-0.2, -0.15) is 0 Å². The van der Waals surface area contributed by atoms with Crippen molar-refractivity contribution in [2.75, 3.05) is 13.2 Å². The van der Waals surface area contributed by atoms with Crippen LogP contribution < -0.4 is 9.47 Å². The van der Waals surface area contributed by atoms with Crippen LogP contribution in [0.25, 0.3) is 45.8 Å². The Hall–Kier alpha value is -4.60. The molecule has 0 aliphatic heterocycles. The second-order valence-electron chi connectivity index (χ2n) is 12.1. The normalized spacial score (nSPS) is 12.6. The van der Waals surface area contributed by atoms with Crippen LogP contribution >= 0.6 is 0 Å². The molecule has 10 heteroatoms. The number of benzene rings is 3. The summed E-state index contributed by atoms with van der Waals surface area (Å²) < 4.78 is 52.6. The minimum absolute atomic E-state index is 0.234. The second kappa shape index (κ2) is 17.0. The molecule has 2 heterocycles. The van der Waals surface area contributed by atoms with E-state index in [0.29, 0.717) is 58.8 Å². The van der Waals surface area contributed by atoms with Crippen molar-refractivity contribution in [3.05, 3.63) is 72.3 Å². The first-order valence-electron chi connectivity index (χ1n) is 17.0. The Morgan fingerprint density at radius 1 is 0.562 bits per heavy atom. The van der Waals surface area contributed by atoms with E-state index in [2.05, 4.69) is 48.1 Å². The van der Waals surface area contributed by atoms with Gasteiger partial charge in [-0.3, -0.25) is 0 Å². The maximum atomic E-state index is 13.6. The van der Waals surface area contributed by atoms with Crippen LogP contribution in [0.15, 0.2) is 69.5 Å². The van der Waals surface area contributed by atoms with Crippen molar-refractivity contribution in [2.24, 2.45) is 11.8 Å². The van der Waals surface area contributed by atoms with Crippen molar-refractivity contribution >= 4 is 0 Å². The van der Waals surface area contributed by atoms with Gasteiger partial charge in [0.25, 0.3) is 11.8 Å². The Bertz CT molecular complexity index is 1590. The topological polar surface area (TPSA) is 96.3 Å². The molecule has 0 saturated carbocycles. The van der Waals surface area contributed by atoms with Crippen molar-refractivity contribution < 1.29 is 27.1 Å². The summed E-state index contributed by atoms with van der Waals surface area (Å²) in [6, 6.07) is 15.4. The molecule has 0 amide bonds. The molecule has 5 aromatic rings. The third kappa shape index (κ3) is 8.85. The van der Waals surface area contributed by atoms with E-state index in [1.54, 1.807) is 24.3 Å². The Kier molecular flexibility index (Phi) is 12.3. The third-order valence-electron chi connectivity index (χ3n) is 8.61. The van der Waals surface area contributed by atoms with Crippen LogP contribution in [0.5, 0.6) is 11.5 Å². The number of hydrogen-bond acceptors (Lipinski definition) is 8. The molecular weight excluding hydrogens is 614 g/mol. The maximum Gasteiger partial charge on any atom is 0.252 e. The van der Waals surface area contributed by atoms with E-state index in [1.165, 1.54) is 24.3 Å². The van der Waals surface area contributed by atoms with Gasteiger partial charge in [-0.15, -0.1) is 20.4 Å². The van der Waals surface area contributed by atoms with E-state index in [9.17, 15) is 8.78 Å². The summed E-state index contributed by atoms with van der Waals surface area (Å²) in [5.74, 6) is 1.98. The summed E-state index contributed by atoms with van der Waals surface area (Å²) in [6.07, 6.45) is 8.48. The Morgan fingerprint density at radius 2 is 0.938 bits per heavy atom. The predicted octanol–water partition coefficient (Wildman–Crippen LogP) is 10.6. The number of nitrogens with zero attached hydrogens (tertiary/aromatic N) is 4. The van der Waals surface area contributed by atoms with Crippen LogP contribution in [0.4, 0.5) is 8.78 Å². The predicted molar refractivity (Wildman–Crippen MR) is 181 cm³/mol. The molecule has 2 atom stereocenters. The van der Waals surface area contributed by atoms with E-state index >= 15 is 0 Å². The molecule has 0 aliphatic carbocycles. The molecule has 0 fully saturated rings. The molecule has 0 bridgehead atoms. The molecular formula is C38H44F2N4O4. The molecule has 8 nitrogen and oxygen atoms in total. The summed E-state index contributed by atoms with van der Waals surface area (Å²) in [4.78, 5) is 0. The monoisotopic (exact) mass is 658 g/mol. The molecule has 0 spiro atoms. The second-order valence-corrected chi connectivity index (χ2v) is 12.1. The number of halogens is 2. The first-order valence-corrected chi connectivity index (χ1v) is 17.0. The zero-order chi connectivity index (χ0) is 33.9. The lowest BCUT2D eigenvalue weighted by Crippen LogP contribution is -2.13. The summed E-state index contributed by atoms with van der Waals surface area (Å²) in [6.45, 7) is 9.67. The van der Waals surface area contributed by atoms with E-state index in [4.69, 9.17) is 18.3 Å². The van der Waals surface area contributed by atoms with Crippen LogP contribution in [-0.2, 0) is 0 Å². The highest BCUT2D eigenvalue weighted by Gasteiger charge is 2.24. The third-order valence-corrected chi connectivity index (χ3v) is 8.61. The summed E-state index contributed by atoms with van der Waals surface area (Å²) in [5, 5.41) is 17.2. The number of hydrogen-bond donors (Lipinski definition) is 0. The Labute approximate surface area is 280 Å². The molecule has 48 heavy (non-hydrogen) atoms. The lowest BCUT2D eigenvalue weighted by atomic mass is 10.00. The van der Waals surface area contributed by atoms with Gasteiger partial charge in [-0.1, -0.05) is 66.2 Å². The molecule has 2 unspecified atom stereocenters. The van der Waals surface area contributed by atoms with Crippen LogP contribution in [0.3, 0.4) is 0 Å². The highest BCUT2D eigenvalue weighted by molar-refractivity contribution is 5.76. The molecule has 2 aromatic heterocycles. The fraction of sp³-hybridized carbons (Fsp3) is 0.421.